The summed E-state index contributed by atoms with van der Waals surface area (Å²) in [7, 11) is 0. The molecule has 2 rings (SSSR count). The van der Waals surface area contributed by atoms with Gasteiger partial charge in [-0.15, -0.1) is 0 Å². The van der Waals surface area contributed by atoms with Crippen LogP contribution in [0.15, 0.2) is 18.2 Å². The molecule has 0 spiro atoms. The summed E-state index contributed by atoms with van der Waals surface area (Å²) in [5.74, 6) is 0. The molecule has 16 heavy (non-hydrogen) atoms. The van der Waals surface area contributed by atoms with E-state index < -0.39 is 0 Å². The number of halogens is 1. The Balaban J connectivity index is 2.64. The Bertz CT molecular complexity index is 523. The number of fused-ring (bicyclic) bond motifs is 1. The maximum absolute atomic E-state index is 5.88. The second-order valence-corrected chi connectivity index (χ2v) is 4.48. The van der Waals surface area contributed by atoms with Gasteiger partial charge < -0.3 is 5.73 Å². The van der Waals surface area contributed by atoms with E-state index >= 15 is 0 Å². The first-order valence-electron chi connectivity index (χ1n) is 5.24. The van der Waals surface area contributed by atoms with Crippen molar-refractivity contribution < 1.29 is 0 Å². The Morgan fingerprint density at radius 2 is 2.12 bits per heavy atom. The molecule has 1 atom stereocenters. The van der Waals surface area contributed by atoms with E-state index in [9.17, 15) is 0 Å². The van der Waals surface area contributed by atoms with Crippen LogP contribution in [-0.4, -0.2) is 16.0 Å². The van der Waals surface area contributed by atoms with Gasteiger partial charge in [-0.25, -0.2) is 9.97 Å². The SMILES string of the molecule is Cc1ccc2nc(Cl)nc(CC(C)N)c2c1. The van der Waals surface area contributed by atoms with Crippen molar-refractivity contribution in [3.8, 4) is 0 Å². The van der Waals surface area contributed by atoms with Gasteiger partial charge in [0.05, 0.1) is 11.2 Å². The third kappa shape index (κ3) is 2.31. The predicted molar refractivity (Wildman–Crippen MR) is 66.6 cm³/mol. The molecule has 1 aromatic carbocycles. The van der Waals surface area contributed by atoms with Crippen LogP contribution in [0.4, 0.5) is 0 Å². The smallest absolute Gasteiger partial charge is 0.223 e. The molecule has 0 saturated heterocycles. The third-order valence-electron chi connectivity index (χ3n) is 2.42. The summed E-state index contributed by atoms with van der Waals surface area (Å²) < 4.78 is 0. The second kappa shape index (κ2) is 4.36. The van der Waals surface area contributed by atoms with Gasteiger partial charge in [0.15, 0.2) is 0 Å². The van der Waals surface area contributed by atoms with Gasteiger partial charge in [0.1, 0.15) is 0 Å². The van der Waals surface area contributed by atoms with E-state index in [-0.39, 0.29) is 11.3 Å². The number of benzene rings is 1. The van der Waals surface area contributed by atoms with Crippen molar-refractivity contribution in [1.82, 2.24) is 9.97 Å². The van der Waals surface area contributed by atoms with Crippen molar-refractivity contribution in [3.63, 3.8) is 0 Å². The Labute approximate surface area is 99.7 Å². The standard InChI is InChI=1S/C12H14ClN3/c1-7-3-4-10-9(5-7)11(6-8(2)14)16-12(13)15-10/h3-5,8H,6,14H2,1-2H3. The largest absolute Gasteiger partial charge is 0.328 e. The highest BCUT2D eigenvalue weighted by molar-refractivity contribution is 6.28. The van der Waals surface area contributed by atoms with Crippen LogP contribution >= 0.6 is 11.6 Å². The highest BCUT2D eigenvalue weighted by Crippen LogP contribution is 2.20. The van der Waals surface area contributed by atoms with Crippen molar-refractivity contribution >= 4 is 22.5 Å². The van der Waals surface area contributed by atoms with Crippen LogP contribution in [0, 0.1) is 6.92 Å². The minimum Gasteiger partial charge on any atom is -0.328 e. The van der Waals surface area contributed by atoms with Crippen LogP contribution in [0.1, 0.15) is 18.2 Å². The molecule has 1 unspecified atom stereocenters. The fourth-order valence-corrected chi connectivity index (χ4v) is 1.93. The molecule has 84 valence electrons. The number of nitrogens with two attached hydrogens (primary N) is 1. The number of hydrogen-bond donors (Lipinski definition) is 1. The lowest BCUT2D eigenvalue weighted by Gasteiger charge is -2.08. The molecule has 0 aliphatic rings. The van der Waals surface area contributed by atoms with E-state index in [2.05, 4.69) is 16.0 Å². The first kappa shape index (κ1) is 11.3. The lowest BCUT2D eigenvalue weighted by atomic mass is 10.1. The zero-order valence-corrected chi connectivity index (χ0v) is 10.1. The van der Waals surface area contributed by atoms with Crippen LogP contribution in [0.3, 0.4) is 0 Å². The van der Waals surface area contributed by atoms with E-state index in [0.29, 0.717) is 6.42 Å². The normalized spacial score (nSPS) is 13.0. The van der Waals surface area contributed by atoms with Gasteiger partial charge in [0.25, 0.3) is 0 Å². The molecule has 2 N–H and O–H groups in total. The second-order valence-electron chi connectivity index (χ2n) is 4.14. The molecule has 3 nitrogen and oxygen atoms in total. The third-order valence-corrected chi connectivity index (χ3v) is 2.59. The van der Waals surface area contributed by atoms with E-state index in [4.69, 9.17) is 17.3 Å². The molecule has 0 bridgehead atoms. The number of hydrogen-bond acceptors (Lipinski definition) is 3. The quantitative estimate of drug-likeness (QED) is 0.814. The van der Waals surface area contributed by atoms with Crippen LogP contribution in [0.2, 0.25) is 5.28 Å². The minimum absolute atomic E-state index is 0.0645. The highest BCUT2D eigenvalue weighted by Gasteiger charge is 2.08. The van der Waals surface area contributed by atoms with Crippen molar-refractivity contribution in [1.29, 1.82) is 0 Å². The maximum atomic E-state index is 5.88. The van der Waals surface area contributed by atoms with Gasteiger partial charge in [-0.05, 0) is 37.6 Å². The van der Waals surface area contributed by atoms with Gasteiger partial charge in [0, 0.05) is 17.8 Å². The first-order chi connectivity index (χ1) is 7.56. The van der Waals surface area contributed by atoms with Crippen molar-refractivity contribution in [3.05, 3.63) is 34.7 Å². The lowest BCUT2D eigenvalue weighted by Crippen LogP contribution is -2.19. The number of nitrogens with zero attached hydrogens (tertiary/aromatic N) is 2. The number of aromatic nitrogens is 2. The van der Waals surface area contributed by atoms with Crippen molar-refractivity contribution in [2.24, 2.45) is 5.73 Å². The molecule has 0 fully saturated rings. The van der Waals surface area contributed by atoms with E-state index in [1.807, 2.05) is 26.0 Å². The fourth-order valence-electron chi connectivity index (χ4n) is 1.74. The van der Waals surface area contributed by atoms with Gasteiger partial charge in [-0.1, -0.05) is 11.6 Å². The van der Waals surface area contributed by atoms with Gasteiger partial charge >= 0.3 is 0 Å². The topological polar surface area (TPSA) is 51.8 Å². The summed E-state index contributed by atoms with van der Waals surface area (Å²) in [6.45, 7) is 4.00. The van der Waals surface area contributed by atoms with Crippen LogP contribution < -0.4 is 5.73 Å². The molecule has 1 heterocycles. The van der Waals surface area contributed by atoms with E-state index in [0.717, 1.165) is 16.6 Å². The summed E-state index contributed by atoms with van der Waals surface area (Å²) in [6, 6.07) is 6.11. The predicted octanol–water partition coefficient (Wildman–Crippen LogP) is 2.48. The first-order valence-corrected chi connectivity index (χ1v) is 5.62. The average molecular weight is 236 g/mol. The Hall–Kier alpha value is -1.19. The fraction of sp³-hybridized carbons (Fsp3) is 0.333. The molecule has 0 saturated carbocycles. The Morgan fingerprint density at radius 1 is 1.38 bits per heavy atom. The number of rotatable bonds is 2. The summed E-state index contributed by atoms with van der Waals surface area (Å²) >= 11 is 5.88. The zero-order chi connectivity index (χ0) is 11.7. The molecule has 2 aromatic rings. The van der Waals surface area contributed by atoms with E-state index in [1.165, 1.54) is 5.56 Å². The molecular weight excluding hydrogens is 222 g/mol. The number of aryl methyl sites for hydroxylation is 1. The Kier molecular flexibility index (Phi) is 3.08. The van der Waals surface area contributed by atoms with Crippen LogP contribution in [0.25, 0.3) is 10.9 Å². The molecular formula is C12H14ClN3. The lowest BCUT2D eigenvalue weighted by molar-refractivity contribution is 0.725. The van der Waals surface area contributed by atoms with Crippen molar-refractivity contribution in [2.45, 2.75) is 26.3 Å². The van der Waals surface area contributed by atoms with Gasteiger partial charge in [0.2, 0.25) is 5.28 Å². The summed E-state index contributed by atoms with van der Waals surface area (Å²) in [6.07, 6.45) is 0.711. The average Bonchev–Trinajstić information content (AvgIpc) is 2.18. The summed E-state index contributed by atoms with van der Waals surface area (Å²) in [4.78, 5) is 8.46. The maximum Gasteiger partial charge on any atom is 0.223 e. The molecule has 0 aliphatic heterocycles. The molecule has 0 radical (unpaired) electrons. The van der Waals surface area contributed by atoms with E-state index in [1.54, 1.807) is 0 Å². The monoisotopic (exact) mass is 235 g/mol. The van der Waals surface area contributed by atoms with Gasteiger partial charge in [-0.2, -0.15) is 0 Å². The highest BCUT2D eigenvalue weighted by atomic mass is 35.5. The molecule has 1 aromatic heterocycles. The summed E-state index contributed by atoms with van der Waals surface area (Å²) in [5, 5.41) is 1.33. The molecule has 0 aliphatic carbocycles. The summed E-state index contributed by atoms with van der Waals surface area (Å²) in [5.41, 5.74) is 8.79. The van der Waals surface area contributed by atoms with Gasteiger partial charge in [-0.3, -0.25) is 0 Å². The molecule has 0 amide bonds. The Morgan fingerprint density at radius 3 is 2.81 bits per heavy atom. The van der Waals surface area contributed by atoms with Crippen LogP contribution in [-0.2, 0) is 6.42 Å². The zero-order valence-electron chi connectivity index (χ0n) is 9.37. The molecule has 4 heteroatoms. The van der Waals surface area contributed by atoms with Crippen LogP contribution in [0.5, 0.6) is 0 Å². The van der Waals surface area contributed by atoms with Crippen molar-refractivity contribution in [2.75, 3.05) is 0 Å². The minimum atomic E-state index is 0.0645.